The van der Waals surface area contributed by atoms with E-state index < -0.39 is 41.8 Å². The second kappa shape index (κ2) is 10.4. The Morgan fingerprint density at radius 1 is 0.925 bits per heavy atom. The lowest BCUT2D eigenvalue weighted by atomic mass is 9.94. The first kappa shape index (κ1) is 26.9. The van der Waals surface area contributed by atoms with Gasteiger partial charge in [-0.1, -0.05) is 48.5 Å². The molecule has 5 nitrogen and oxygen atoms in total. The van der Waals surface area contributed by atoms with Crippen LogP contribution in [0.2, 0.25) is 0 Å². The number of methoxy groups -OCH3 is 1. The van der Waals surface area contributed by atoms with E-state index in [1.54, 1.807) is 36.4 Å². The molecular weight excluding hydrogens is 531 g/mol. The number of benzene rings is 4. The number of para-hydroxylation sites is 1. The Hall–Kier alpha value is -4.73. The third kappa shape index (κ3) is 5.12. The van der Waals surface area contributed by atoms with Crippen molar-refractivity contribution in [3.8, 4) is 16.9 Å². The van der Waals surface area contributed by atoms with Crippen molar-refractivity contribution in [3.05, 3.63) is 113 Å². The maximum Gasteiger partial charge on any atom is 0.416 e. The molecule has 4 aromatic carbocycles. The molecule has 0 saturated heterocycles. The van der Waals surface area contributed by atoms with Crippen LogP contribution in [0.1, 0.15) is 29.2 Å². The molecule has 1 aliphatic heterocycles. The number of fused-ring (bicyclic) bond motifs is 1. The zero-order valence-corrected chi connectivity index (χ0v) is 20.9. The molecule has 1 atom stereocenters. The molecule has 0 saturated carbocycles. The van der Waals surface area contributed by atoms with Gasteiger partial charge in [0.1, 0.15) is 28.9 Å². The van der Waals surface area contributed by atoms with Crippen molar-refractivity contribution < 1.29 is 36.6 Å². The van der Waals surface area contributed by atoms with Gasteiger partial charge in [-0.2, -0.15) is 13.2 Å². The van der Waals surface area contributed by atoms with Crippen LogP contribution < -0.4 is 9.64 Å². The Morgan fingerprint density at radius 3 is 2.15 bits per heavy atom. The number of ether oxygens (including phenoxy) is 1. The van der Waals surface area contributed by atoms with Crippen LogP contribution >= 0.6 is 0 Å². The van der Waals surface area contributed by atoms with Crippen molar-refractivity contribution in [3.63, 3.8) is 0 Å². The van der Waals surface area contributed by atoms with E-state index in [-0.39, 0.29) is 28.5 Å². The van der Waals surface area contributed by atoms with Crippen LogP contribution in [0.3, 0.4) is 0 Å². The Bertz CT molecular complexity index is 1600. The normalized spacial score (nSPS) is 14.9. The van der Waals surface area contributed by atoms with Crippen molar-refractivity contribution >= 4 is 23.2 Å². The van der Waals surface area contributed by atoms with Crippen molar-refractivity contribution in [1.29, 1.82) is 0 Å². The van der Waals surface area contributed by atoms with Gasteiger partial charge in [0.15, 0.2) is 0 Å². The molecule has 0 bridgehead atoms. The van der Waals surface area contributed by atoms with Gasteiger partial charge >= 0.3 is 12.1 Å². The highest BCUT2D eigenvalue weighted by Gasteiger charge is 2.38. The van der Waals surface area contributed by atoms with Crippen LogP contribution in [0.5, 0.6) is 5.75 Å². The van der Waals surface area contributed by atoms with Crippen molar-refractivity contribution in [2.75, 3.05) is 12.0 Å². The molecule has 10 heteroatoms. The number of aliphatic carboxylic acids is 1. The SMILES string of the molecule is COc1ccc(C(F)(F)F)cc1N1C(c2ccc(-c3ccc(F)cc3)cc2)=Nc2c(F)cccc2C1CC(=O)O. The number of carbonyl (C=O) groups is 1. The van der Waals surface area contributed by atoms with Gasteiger partial charge < -0.3 is 14.7 Å². The van der Waals surface area contributed by atoms with Crippen molar-refractivity contribution in [2.24, 2.45) is 4.99 Å². The summed E-state index contributed by atoms with van der Waals surface area (Å²) in [5, 5.41) is 9.78. The molecule has 1 aliphatic rings. The maximum absolute atomic E-state index is 15.0. The monoisotopic (exact) mass is 552 g/mol. The largest absolute Gasteiger partial charge is 0.495 e. The lowest BCUT2D eigenvalue weighted by Gasteiger charge is -2.38. The first-order valence-corrected chi connectivity index (χ1v) is 12.1. The molecule has 0 amide bonds. The van der Waals surface area contributed by atoms with E-state index in [1.807, 2.05) is 0 Å². The number of hydrogen-bond acceptors (Lipinski definition) is 4. The van der Waals surface area contributed by atoms with Gasteiger partial charge in [0.25, 0.3) is 0 Å². The summed E-state index contributed by atoms with van der Waals surface area (Å²) in [6.45, 7) is 0. The van der Waals surface area contributed by atoms with E-state index in [9.17, 15) is 27.5 Å². The summed E-state index contributed by atoms with van der Waals surface area (Å²) in [6.07, 6.45) is -5.26. The van der Waals surface area contributed by atoms with Gasteiger partial charge in [0, 0.05) is 11.1 Å². The van der Waals surface area contributed by atoms with Crippen LogP contribution in [-0.2, 0) is 11.0 Å². The van der Waals surface area contributed by atoms with Crippen molar-refractivity contribution in [2.45, 2.75) is 18.6 Å². The Kier molecular flexibility index (Phi) is 7.01. The van der Waals surface area contributed by atoms with Gasteiger partial charge in [-0.25, -0.2) is 13.8 Å². The molecule has 0 fully saturated rings. The van der Waals surface area contributed by atoms with E-state index in [2.05, 4.69) is 4.99 Å². The average Bonchev–Trinajstić information content (AvgIpc) is 2.93. The highest BCUT2D eigenvalue weighted by atomic mass is 19.4. The van der Waals surface area contributed by atoms with E-state index in [4.69, 9.17) is 4.74 Å². The Morgan fingerprint density at radius 2 is 1.55 bits per heavy atom. The lowest BCUT2D eigenvalue weighted by Crippen LogP contribution is -2.39. The van der Waals surface area contributed by atoms with Crippen LogP contribution in [0, 0.1) is 11.6 Å². The number of halogens is 5. The number of carboxylic acids is 1. The highest BCUT2D eigenvalue weighted by molar-refractivity contribution is 6.14. The van der Waals surface area contributed by atoms with Crippen LogP contribution in [-0.4, -0.2) is 24.0 Å². The number of anilines is 1. The zero-order valence-electron chi connectivity index (χ0n) is 20.9. The summed E-state index contributed by atoms with van der Waals surface area (Å²) in [5.41, 5.74) is 0.858. The fourth-order valence-corrected chi connectivity index (χ4v) is 4.73. The standard InChI is InChI=1S/C30H21F5N2O3/c1-40-26-14-11-20(30(33,34)35)15-25(26)37-24(16-27(38)39)22-3-2-4-23(32)28(22)36-29(37)19-7-5-17(6-8-19)18-9-12-21(31)13-10-18/h2-15,24H,16H2,1H3,(H,38,39). The third-order valence-corrected chi connectivity index (χ3v) is 6.59. The second-order valence-electron chi connectivity index (χ2n) is 9.07. The molecular formula is C30H21F5N2O3. The van der Waals surface area contributed by atoms with Crippen molar-refractivity contribution in [1.82, 2.24) is 0 Å². The Balaban J connectivity index is 1.73. The van der Waals surface area contributed by atoms with Gasteiger partial charge in [-0.05, 0) is 47.5 Å². The molecule has 0 aliphatic carbocycles. The topological polar surface area (TPSA) is 62.1 Å². The number of aliphatic imine (C=N–C) groups is 1. The minimum atomic E-state index is -4.70. The van der Waals surface area contributed by atoms with E-state index >= 15 is 4.39 Å². The van der Waals surface area contributed by atoms with Gasteiger partial charge in [0.05, 0.1) is 30.8 Å². The van der Waals surface area contributed by atoms with E-state index in [0.717, 1.165) is 29.3 Å². The molecule has 40 heavy (non-hydrogen) atoms. The third-order valence-electron chi connectivity index (χ3n) is 6.59. The van der Waals surface area contributed by atoms with Gasteiger partial charge in [0.2, 0.25) is 0 Å². The number of amidine groups is 1. The van der Waals surface area contributed by atoms with Gasteiger partial charge in [-0.3, -0.25) is 4.79 Å². The minimum absolute atomic E-state index is 0.0344. The van der Waals surface area contributed by atoms with Crippen LogP contribution in [0.4, 0.5) is 33.3 Å². The number of rotatable bonds is 6. The molecule has 0 aromatic heterocycles. The predicted molar refractivity (Wildman–Crippen MR) is 140 cm³/mol. The zero-order chi connectivity index (χ0) is 28.6. The number of alkyl halides is 3. The molecule has 1 unspecified atom stereocenters. The predicted octanol–water partition coefficient (Wildman–Crippen LogP) is 7.77. The first-order valence-electron chi connectivity index (χ1n) is 12.1. The number of carboxylic acid groups (broad SMARTS) is 1. The smallest absolute Gasteiger partial charge is 0.416 e. The lowest BCUT2D eigenvalue weighted by molar-refractivity contribution is -0.138. The van der Waals surface area contributed by atoms with Crippen LogP contribution in [0.25, 0.3) is 11.1 Å². The Labute approximate surface area is 225 Å². The molecule has 0 spiro atoms. The van der Waals surface area contributed by atoms with E-state index in [1.165, 1.54) is 42.3 Å². The van der Waals surface area contributed by atoms with E-state index in [0.29, 0.717) is 5.56 Å². The summed E-state index contributed by atoms with van der Waals surface area (Å²) in [6, 6.07) is 18.3. The molecule has 5 rings (SSSR count). The summed E-state index contributed by atoms with van der Waals surface area (Å²) < 4.78 is 75.1. The summed E-state index contributed by atoms with van der Waals surface area (Å²) in [7, 11) is 1.28. The second-order valence-corrected chi connectivity index (χ2v) is 9.07. The quantitative estimate of drug-likeness (QED) is 0.248. The molecule has 1 N–H and O–H groups in total. The molecule has 1 heterocycles. The molecule has 204 valence electrons. The van der Waals surface area contributed by atoms with Gasteiger partial charge in [-0.15, -0.1) is 0 Å². The summed E-state index contributed by atoms with van der Waals surface area (Å²) in [5.74, 6) is -2.27. The minimum Gasteiger partial charge on any atom is -0.495 e. The fourth-order valence-electron chi connectivity index (χ4n) is 4.73. The molecule has 4 aromatic rings. The number of hydrogen-bond donors (Lipinski definition) is 1. The first-order chi connectivity index (χ1) is 19.1. The molecule has 0 radical (unpaired) electrons. The average molecular weight is 552 g/mol. The maximum atomic E-state index is 15.0. The number of nitrogens with zero attached hydrogens (tertiary/aromatic N) is 2. The summed E-state index contributed by atoms with van der Waals surface area (Å²) >= 11 is 0. The summed E-state index contributed by atoms with van der Waals surface area (Å²) in [4.78, 5) is 17.8. The fraction of sp³-hybridized carbons (Fsp3) is 0.133. The highest BCUT2D eigenvalue weighted by Crippen LogP contribution is 2.46. The van der Waals surface area contributed by atoms with Crippen LogP contribution in [0.15, 0.2) is 89.9 Å².